The van der Waals surface area contributed by atoms with E-state index in [-0.39, 0.29) is 12.0 Å². The lowest BCUT2D eigenvalue weighted by atomic mass is 9.80. The lowest BCUT2D eigenvalue weighted by Crippen LogP contribution is -2.50. The minimum atomic E-state index is -4.73. The maximum atomic E-state index is 13.8. The first kappa shape index (κ1) is 28.2. The van der Waals surface area contributed by atoms with E-state index in [0.717, 1.165) is 23.4 Å². The number of fused-ring (bicyclic) bond motifs is 1. The highest BCUT2D eigenvalue weighted by Crippen LogP contribution is 2.37. The zero-order valence-corrected chi connectivity index (χ0v) is 22.5. The number of carbonyl (C=O) groups excluding carboxylic acids is 1. The van der Waals surface area contributed by atoms with Crippen molar-refractivity contribution in [3.8, 4) is 5.75 Å². The molecule has 2 aromatic heterocycles. The van der Waals surface area contributed by atoms with Crippen molar-refractivity contribution in [3.05, 3.63) is 113 Å². The number of rotatable bonds is 9. The maximum Gasteiger partial charge on any atom is 0.461 e. The molecular weight excluding hydrogens is 582 g/mol. The molecule has 5 rings (SSSR count). The van der Waals surface area contributed by atoms with Crippen LogP contribution in [0.1, 0.15) is 16.8 Å². The quantitative estimate of drug-likeness (QED) is 0.173. The minimum Gasteiger partial charge on any atom is -0.428 e. The SMILES string of the molecule is O=C(Nc1cccc2nsnc12)N[C@@](Cc1ccccc1)(c1cccc(OC(F)(F)C(F)F)c1)c1ccc(Cl)cn1. The van der Waals surface area contributed by atoms with Gasteiger partial charge in [-0.1, -0.05) is 60.1 Å². The predicted octanol–water partition coefficient (Wildman–Crippen LogP) is 7.28. The molecule has 3 aromatic carbocycles. The largest absolute Gasteiger partial charge is 0.461 e. The summed E-state index contributed by atoms with van der Waals surface area (Å²) in [5, 5.41) is 6.06. The Hall–Kier alpha value is -4.29. The van der Waals surface area contributed by atoms with Crippen LogP contribution in [0.2, 0.25) is 5.02 Å². The molecule has 2 amide bonds. The van der Waals surface area contributed by atoms with Gasteiger partial charge < -0.3 is 15.4 Å². The second-order valence-electron chi connectivity index (χ2n) is 8.94. The van der Waals surface area contributed by atoms with Gasteiger partial charge in [0.15, 0.2) is 0 Å². The van der Waals surface area contributed by atoms with Crippen LogP contribution in [-0.2, 0) is 12.0 Å². The van der Waals surface area contributed by atoms with E-state index < -0.39 is 29.9 Å². The summed E-state index contributed by atoms with van der Waals surface area (Å²) in [6, 6.07) is 21.8. The Labute approximate surface area is 240 Å². The molecule has 210 valence electrons. The number of hydrogen-bond donors (Lipinski definition) is 2. The molecule has 0 fully saturated rings. The molecule has 41 heavy (non-hydrogen) atoms. The predicted molar refractivity (Wildman–Crippen MR) is 148 cm³/mol. The van der Waals surface area contributed by atoms with Gasteiger partial charge in [-0.25, -0.2) is 4.79 Å². The number of amides is 2. The van der Waals surface area contributed by atoms with Crippen molar-refractivity contribution in [2.75, 3.05) is 5.32 Å². The first-order valence-electron chi connectivity index (χ1n) is 12.1. The second kappa shape index (κ2) is 11.7. The molecule has 0 unspecified atom stereocenters. The van der Waals surface area contributed by atoms with E-state index in [1.165, 1.54) is 18.3 Å². The molecule has 2 heterocycles. The van der Waals surface area contributed by atoms with E-state index in [1.54, 1.807) is 48.5 Å². The van der Waals surface area contributed by atoms with Crippen molar-refractivity contribution < 1.29 is 27.1 Å². The van der Waals surface area contributed by atoms with E-state index in [9.17, 15) is 22.4 Å². The molecule has 0 aliphatic rings. The molecule has 5 aromatic rings. The third-order valence-corrected chi connectivity index (χ3v) is 6.94. The van der Waals surface area contributed by atoms with Crippen LogP contribution >= 0.6 is 23.3 Å². The van der Waals surface area contributed by atoms with Crippen LogP contribution in [0.4, 0.5) is 28.0 Å². The first-order valence-corrected chi connectivity index (χ1v) is 13.2. The standard InChI is InChI=1S/C28H20ClF4N5O2S/c29-19-12-13-23(34-16-19)27(15-17-6-2-1-3-7-17,18-8-4-9-20(14-18)40-28(32,33)25(30)31)36-26(39)35-21-10-5-11-22-24(21)38-41-37-22/h1-14,16,25H,15H2,(H2,35,36,39)/t27-/m0/s1. The Kier molecular flexibility index (Phi) is 8.04. The molecule has 13 heteroatoms. The zero-order chi connectivity index (χ0) is 29.0. The average molecular weight is 602 g/mol. The Morgan fingerprint density at radius 1 is 0.976 bits per heavy atom. The molecule has 0 aliphatic carbocycles. The highest BCUT2D eigenvalue weighted by molar-refractivity contribution is 7.00. The molecular formula is C28H20ClF4N5O2S. The van der Waals surface area contributed by atoms with Crippen molar-refractivity contribution in [3.63, 3.8) is 0 Å². The zero-order valence-electron chi connectivity index (χ0n) is 20.9. The Morgan fingerprint density at radius 2 is 1.76 bits per heavy atom. The van der Waals surface area contributed by atoms with Gasteiger partial charge in [0.05, 0.1) is 28.1 Å². The topological polar surface area (TPSA) is 89.0 Å². The number of ether oxygens (including phenoxy) is 1. The summed E-state index contributed by atoms with van der Waals surface area (Å²) in [6.07, 6.45) is -7.31. The summed E-state index contributed by atoms with van der Waals surface area (Å²) in [5.41, 5.74) is 1.24. The van der Waals surface area contributed by atoms with Crippen LogP contribution in [0.25, 0.3) is 11.0 Å². The maximum absolute atomic E-state index is 13.8. The Morgan fingerprint density at radius 3 is 2.49 bits per heavy atom. The minimum absolute atomic E-state index is 0.0903. The molecule has 0 aliphatic heterocycles. The summed E-state index contributed by atoms with van der Waals surface area (Å²) >= 11 is 7.09. The summed E-state index contributed by atoms with van der Waals surface area (Å²) in [6.45, 7) is 0. The van der Waals surface area contributed by atoms with Gasteiger partial charge >= 0.3 is 18.6 Å². The van der Waals surface area contributed by atoms with E-state index in [1.807, 2.05) is 18.2 Å². The second-order valence-corrected chi connectivity index (χ2v) is 9.90. The van der Waals surface area contributed by atoms with Gasteiger partial charge in [0.2, 0.25) is 0 Å². The van der Waals surface area contributed by atoms with Crippen molar-refractivity contribution in [2.45, 2.75) is 24.5 Å². The van der Waals surface area contributed by atoms with E-state index >= 15 is 0 Å². The number of alkyl halides is 4. The smallest absolute Gasteiger partial charge is 0.428 e. The van der Waals surface area contributed by atoms with E-state index in [4.69, 9.17) is 11.6 Å². The van der Waals surface area contributed by atoms with E-state index in [0.29, 0.717) is 27.4 Å². The average Bonchev–Trinajstić information content (AvgIpc) is 3.44. The van der Waals surface area contributed by atoms with Crippen molar-refractivity contribution in [1.82, 2.24) is 19.0 Å². The molecule has 2 N–H and O–H groups in total. The molecule has 0 saturated heterocycles. The summed E-state index contributed by atoms with van der Waals surface area (Å²) in [7, 11) is 0. The van der Waals surface area contributed by atoms with Gasteiger partial charge in [-0.15, -0.1) is 0 Å². The lowest BCUT2D eigenvalue weighted by Gasteiger charge is -2.35. The number of halogens is 5. The van der Waals surface area contributed by atoms with Crippen LogP contribution in [0, 0.1) is 0 Å². The summed E-state index contributed by atoms with van der Waals surface area (Å²) in [5.74, 6) is -0.528. The first-order chi connectivity index (χ1) is 19.7. The van der Waals surface area contributed by atoms with Gasteiger partial charge in [-0.05, 0) is 47.5 Å². The van der Waals surface area contributed by atoms with Gasteiger partial charge in [-0.3, -0.25) is 4.98 Å². The molecule has 0 radical (unpaired) electrons. The number of hydrogen-bond acceptors (Lipinski definition) is 6. The number of anilines is 1. The number of pyridine rings is 1. The fraction of sp³-hybridized carbons (Fsp3) is 0.143. The number of benzene rings is 3. The van der Waals surface area contributed by atoms with E-state index in [2.05, 4.69) is 29.1 Å². The Balaban J connectivity index is 1.62. The van der Waals surface area contributed by atoms with Crippen molar-refractivity contribution in [2.24, 2.45) is 0 Å². The third kappa shape index (κ3) is 6.23. The van der Waals surface area contributed by atoms with Crippen molar-refractivity contribution >= 4 is 46.1 Å². The van der Waals surface area contributed by atoms with Crippen LogP contribution < -0.4 is 15.4 Å². The van der Waals surface area contributed by atoms with Crippen molar-refractivity contribution in [1.29, 1.82) is 0 Å². The summed E-state index contributed by atoms with van der Waals surface area (Å²) < 4.78 is 66.3. The van der Waals surface area contributed by atoms with Crippen LogP contribution in [-0.4, -0.2) is 32.3 Å². The fourth-order valence-corrected chi connectivity index (χ4v) is 4.99. The monoisotopic (exact) mass is 601 g/mol. The third-order valence-electron chi connectivity index (χ3n) is 6.17. The van der Waals surface area contributed by atoms with Gasteiger partial charge in [-0.2, -0.15) is 26.3 Å². The van der Waals surface area contributed by atoms with Gasteiger partial charge in [0.1, 0.15) is 22.3 Å². The highest BCUT2D eigenvalue weighted by Gasteiger charge is 2.44. The van der Waals surface area contributed by atoms with Crippen LogP contribution in [0.3, 0.4) is 0 Å². The number of carbonyl (C=O) groups is 1. The number of urea groups is 1. The van der Waals surface area contributed by atoms with Gasteiger partial charge in [0.25, 0.3) is 0 Å². The van der Waals surface area contributed by atoms with Crippen LogP contribution in [0.5, 0.6) is 5.75 Å². The summed E-state index contributed by atoms with van der Waals surface area (Å²) in [4.78, 5) is 18.1. The number of aromatic nitrogens is 3. The molecule has 0 spiro atoms. The highest BCUT2D eigenvalue weighted by atomic mass is 35.5. The molecule has 1 atom stereocenters. The Bertz CT molecular complexity index is 1660. The molecule has 7 nitrogen and oxygen atoms in total. The number of nitrogens with zero attached hydrogens (tertiary/aromatic N) is 3. The number of nitrogens with one attached hydrogen (secondary N) is 2. The fourth-order valence-electron chi connectivity index (χ4n) is 4.33. The molecule has 0 saturated carbocycles. The van der Waals surface area contributed by atoms with Crippen LogP contribution in [0.15, 0.2) is 91.1 Å². The van der Waals surface area contributed by atoms with Gasteiger partial charge in [0, 0.05) is 12.6 Å². The lowest BCUT2D eigenvalue weighted by molar-refractivity contribution is -0.253. The normalized spacial score (nSPS) is 13.1. The molecule has 0 bridgehead atoms.